The summed E-state index contributed by atoms with van der Waals surface area (Å²) >= 11 is 0. The van der Waals surface area contributed by atoms with Crippen LogP contribution in [0.25, 0.3) is 16.8 Å². The first-order chi connectivity index (χ1) is 13.6. The zero-order valence-electron chi connectivity index (χ0n) is 15.7. The van der Waals surface area contributed by atoms with Crippen LogP contribution in [0.15, 0.2) is 53.5 Å². The Labute approximate surface area is 160 Å². The molecular weight excluding hydrogens is 356 g/mol. The quantitative estimate of drug-likeness (QED) is 0.574. The van der Waals surface area contributed by atoms with Gasteiger partial charge < -0.3 is 5.32 Å². The summed E-state index contributed by atoms with van der Waals surface area (Å²) in [5, 5.41) is 11.1. The van der Waals surface area contributed by atoms with E-state index in [1.165, 1.54) is 4.57 Å². The standard InChI is InChI=1S/C20H20N6O2/c1-3-16-23-24-19-20(28)25(15-10-7-11-21-18(15)26(16)19)12-17(27)22-13(2)14-8-5-4-6-9-14/h4-11,13H,3,12H2,1-2H3,(H,22,27)/t13-/m0/s1. The summed E-state index contributed by atoms with van der Waals surface area (Å²) in [7, 11) is 0. The minimum Gasteiger partial charge on any atom is -0.348 e. The molecule has 8 nitrogen and oxygen atoms in total. The van der Waals surface area contributed by atoms with Crippen molar-refractivity contribution in [2.24, 2.45) is 0 Å². The predicted octanol–water partition coefficient (Wildman–Crippen LogP) is 1.88. The average molecular weight is 376 g/mol. The molecule has 0 aliphatic heterocycles. The molecule has 0 fully saturated rings. The van der Waals surface area contributed by atoms with Crippen molar-refractivity contribution >= 4 is 22.7 Å². The Bertz CT molecular complexity index is 1210. The lowest BCUT2D eigenvalue weighted by Gasteiger charge is -2.16. The van der Waals surface area contributed by atoms with E-state index in [4.69, 9.17) is 0 Å². The Morgan fingerprint density at radius 2 is 1.89 bits per heavy atom. The molecule has 3 aromatic heterocycles. The van der Waals surface area contributed by atoms with Crippen molar-refractivity contribution in [1.29, 1.82) is 0 Å². The molecule has 4 rings (SSSR count). The van der Waals surface area contributed by atoms with E-state index in [0.29, 0.717) is 23.4 Å². The van der Waals surface area contributed by atoms with Gasteiger partial charge in [-0.15, -0.1) is 10.2 Å². The molecule has 1 aromatic carbocycles. The number of fused-ring (bicyclic) bond motifs is 3. The van der Waals surface area contributed by atoms with Crippen LogP contribution in [-0.2, 0) is 17.8 Å². The van der Waals surface area contributed by atoms with Crippen LogP contribution in [0.4, 0.5) is 0 Å². The van der Waals surface area contributed by atoms with Gasteiger partial charge >= 0.3 is 0 Å². The molecule has 8 heteroatoms. The van der Waals surface area contributed by atoms with E-state index in [1.807, 2.05) is 44.2 Å². The van der Waals surface area contributed by atoms with Crippen molar-refractivity contribution in [2.45, 2.75) is 32.9 Å². The van der Waals surface area contributed by atoms with E-state index >= 15 is 0 Å². The largest absolute Gasteiger partial charge is 0.348 e. The van der Waals surface area contributed by atoms with Gasteiger partial charge in [0.1, 0.15) is 12.4 Å². The topological polar surface area (TPSA) is 94.2 Å². The molecule has 0 spiro atoms. The number of hydrogen-bond donors (Lipinski definition) is 1. The molecule has 28 heavy (non-hydrogen) atoms. The minimum absolute atomic E-state index is 0.122. The van der Waals surface area contributed by atoms with E-state index in [0.717, 1.165) is 5.56 Å². The van der Waals surface area contributed by atoms with Crippen LogP contribution in [0, 0.1) is 0 Å². The number of rotatable bonds is 5. The summed E-state index contributed by atoms with van der Waals surface area (Å²) in [6.45, 7) is 3.73. The van der Waals surface area contributed by atoms with E-state index in [1.54, 1.807) is 22.7 Å². The van der Waals surface area contributed by atoms with E-state index in [2.05, 4.69) is 20.5 Å². The third-order valence-corrected chi connectivity index (χ3v) is 4.73. The number of amides is 1. The van der Waals surface area contributed by atoms with Gasteiger partial charge in [-0.05, 0) is 24.6 Å². The number of carbonyl (C=O) groups excluding carboxylic acids is 1. The van der Waals surface area contributed by atoms with Gasteiger partial charge in [-0.1, -0.05) is 37.3 Å². The van der Waals surface area contributed by atoms with Crippen LogP contribution in [0.5, 0.6) is 0 Å². The number of benzene rings is 1. The zero-order chi connectivity index (χ0) is 19.7. The number of aromatic nitrogens is 5. The fraction of sp³-hybridized carbons (Fsp3) is 0.250. The SMILES string of the molecule is CCc1nnc2c(=O)n(CC(=O)N[C@@H](C)c3ccccc3)c3cccnc3n12. The van der Waals surface area contributed by atoms with Gasteiger partial charge in [0, 0.05) is 12.6 Å². The van der Waals surface area contributed by atoms with Gasteiger partial charge in [0.2, 0.25) is 11.6 Å². The normalized spacial score (nSPS) is 12.4. The number of carbonyl (C=O) groups is 1. The van der Waals surface area contributed by atoms with Crippen molar-refractivity contribution in [1.82, 2.24) is 29.5 Å². The minimum atomic E-state index is -0.366. The Morgan fingerprint density at radius 3 is 2.64 bits per heavy atom. The highest BCUT2D eigenvalue weighted by molar-refractivity contribution is 5.80. The predicted molar refractivity (Wildman–Crippen MR) is 105 cm³/mol. The average Bonchev–Trinajstić information content (AvgIpc) is 3.16. The van der Waals surface area contributed by atoms with Crippen LogP contribution >= 0.6 is 0 Å². The number of nitrogens with zero attached hydrogens (tertiary/aromatic N) is 5. The van der Waals surface area contributed by atoms with Crippen molar-refractivity contribution in [3.05, 3.63) is 70.4 Å². The Morgan fingerprint density at radius 1 is 1.11 bits per heavy atom. The molecule has 4 aromatic rings. The third-order valence-electron chi connectivity index (χ3n) is 4.73. The van der Waals surface area contributed by atoms with Crippen LogP contribution in [-0.4, -0.2) is 30.1 Å². The molecule has 0 radical (unpaired) electrons. The van der Waals surface area contributed by atoms with Crippen molar-refractivity contribution in [3.8, 4) is 0 Å². The molecule has 0 aliphatic rings. The molecule has 0 saturated carbocycles. The highest BCUT2D eigenvalue weighted by Crippen LogP contribution is 2.14. The summed E-state index contributed by atoms with van der Waals surface area (Å²) in [5.41, 5.74) is 1.93. The lowest BCUT2D eigenvalue weighted by molar-refractivity contribution is -0.122. The first-order valence-corrected chi connectivity index (χ1v) is 9.16. The Balaban J connectivity index is 1.73. The van der Waals surface area contributed by atoms with Crippen LogP contribution < -0.4 is 10.9 Å². The molecule has 0 unspecified atom stereocenters. The molecule has 0 aliphatic carbocycles. The molecule has 1 amide bonds. The van der Waals surface area contributed by atoms with Gasteiger partial charge in [0.15, 0.2) is 5.65 Å². The lowest BCUT2D eigenvalue weighted by Crippen LogP contribution is -2.34. The summed E-state index contributed by atoms with van der Waals surface area (Å²) < 4.78 is 3.07. The van der Waals surface area contributed by atoms with E-state index in [9.17, 15) is 9.59 Å². The highest BCUT2D eigenvalue weighted by atomic mass is 16.2. The Hall–Kier alpha value is -3.55. The molecular formula is C20H20N6O2. The summed E-state index contributed by atoms with van der Waals surface area (Å²) in [6, 6.07) is 13.0. The maximum atomic E-state index is 13.0. The maximum Gasteiger partial charge on any atom is 0.297 e. The van der Waals surface area contributed by atoms with Crippen LogP contribution in [0.3, 0.4) is 0 Å². The van der Waals surface area contributed by atoms with Gasteiger partial charge in [0.25, 0.3) is 5.56 Å². The first-order valence-electron chi connectivity index (χ1n) is 9.16. The van der Waals surface area contributed by atoms with Crippen LogP contribution in [0.1, 0.15) is 31.3 Å². The summed E-state index contributed by atoms with van der Waals surface area (Å²) in [4.78, 5) is 30.0. The van der Waals surface area contributed by atoms with Gasteiger partial charge in [-0.3, -0.25) is 18.6 Å². The zero-order valence-corrected chi connectivity index (χ0v) is 15.7. The van der Waals surface area contributed by atoms with Crippen molar-refractivity contribution in [2.75, 3.05) is 0 Å². The summed E-state index contributed by atoms with van der Waals surface area (Å²) in [6.07, 6.45) is 2.26. The first kappa shape index (κ1) is 17.8. The second kappa shape index (κ2) is 7.22. The molecule has 3 heterocycles. The van der Waals surface area contributed by atoms with Crippen LogP contribution in [0.2, 0.25) is 0 Å². The fourth-order valence-electron chi connectivity index (χ4n) is 3.32. The fourth-order valence-corrected chi connectivity index (χ4v) is 3.32. The van der Waals surface area contributed by atoms with Crippen molar-refractivity contribution < 1.29 is 4.79 Å². The summed E-state index contributed by atoms with van der Waals surface area (Å²) in [5.74, 6) is 0.397. The molecule has 1 atom stereocenters. The van der Waals surface area contributed by atoms with Gasteiger partial charge in [-0.2, -0.15) is 0 Å². The second-order valence-corrected chi connectivity index (χ2v) is 6.57. The second-order valence-electron chi connectivity index (χ2n) is 6.57. The smallest absolute Gasteiger partial charge is 0.297 e. The van der Waals surface area contributed by atoms with E-state index < -0.39 is 0 Å². The highest BCUT2D eigenvalue weighted by Gasteiger charge is 2.18. The molecule has 0 bridgehead atoms. The van der Waals surface area contributed by atoms with Gasteiger partial charge in [-0.25, -0.2) is 4.98 Å². The Kier molecular flexibility index (Phi) is 4.60. The van der Waals surface area contributed by atoms with Gasteiger partial charge in [0.05, 0.1) is 11.6 Å². The van der Waals surface area contributed by atoms with Crippen molar-refractivity contribution in [3.63, 3.8) is 0 Å². The molecule has 0 saturated heterocycles. The number of nitrogens with one attached hydrogen (secondary N) is 1. The number of aryl methyl sites for hydroxylation is 1. The number of hydrogen-bond acceptors (Lipinski definition) is 5. The number of pyridine rings is 1. The third kappa shape index (κ3) is 3.02. The monoisotopic (exact) mass is 376 g/mol. The van der Waals surface area contributed by atoms with E-state index in [-0.39, 0.29) is 29.7 Å². The lowest BCUT2D eigenvalue weighted by atomic mass is 10.1. The molecule has 1 N–H and O–H groups in total. The maximum absolute atomic E-state index is 13.0. The molecule has 142 valence electrons.